The zero-order valence-electron chi connectivity index (χ0n) is 38.1. The summed E-state index contributed by atoms with van der Waals surface area (Å²) in [6, 6.07) is 22.3. The summed E-state index contributed by atoms with van der Waals surface area (Å²) in [5.41, 5.74) is 25.9. The second kappa shape index (κ2) is 18.7. The molecule has 0 spiro atoms. The molecular formula is C55H56N4OSZn. The van der Waals surface area contributed by atoms with Gasteiger partial charge in [0.05, 0.1) is 22.8 Å². The van der Waals surface area contributed by atoms with Crippen LogP contribution in [0.3, 0.4) is 0 Å². The molecule has 0 unspecified atom stereocenters. The number of thioether (sulfide) groups is 1. The average Bonchev–Trinajstić information content (AvgIpc) is 4.02. The van der Waals surface area contributed by atoms with Crippen molar-refractivity contribution < 1.29 is 24.3 Å². The number of benzene rings is 3. The molecule has 2 aliphatic rings. The number of aryl methyl sites for hydroxylation is 10. The number of rotatable bonds is 10. The van der Waals surface area contributed by atoms with Gasteiger partial charge in [-0.05, 0) is 178 Å². The molecule has 0 aliphatic carbocycles. The summed E-state index contributed by atoms with van der Waals surface area (Å²) in [4.78, 5) is 33.7. The van der Waals surface area contributed by atoms with Gasteiger partial charge in [-0.25, -0.2) is 9.97 Å². The fourth-order valence-electron chi connectivity index (χ4n) is 9.87. The number of carbonyl (C=O) groups excluding carboxylic acids is 1. The van der Waals surface area contributed by atoms with E-state index in [0.717, 1.165) is 111 Å². The van der Waals surface area contributed by atoms with Crippen LogP contribution in [-0.4, -0.2) is 20.8 Å². The molecule has 8 bridgehead atoms. The van der Waals surface area contributed by atoms with Crippen molar-refractivity contribution in [2.24, 2.45) is 0 Å². The van der Waals surface area contributed by atoms with Gasteiger partial charge in [-0.3, -0.25) is 4.79 Å². The summed E-state index contributed by atoms with van der Waals surface area (Å²) in [6.45, 7) is 21.4. The Balaban J connectivity index is 0.00000578. The number of aromatic nitrogens is 4. The van der Waals surface area contributed by atoms with Crippen LogP contribution in [-0.2, 0) is 30.7 Å². The SMILES string of the molecule is CC(=O)SCCCCCCc1c2nc(c(-c3c(C)cc(C)cc3C)c3ccc([n-]3)c(-c3c(C)cc(C)cc3C)c3nc(c(-c4c(C)cc(C)cc4C)c4ccc1[n-]4)C=C3)C=C2.[Zn+2]. The van der Waals surface area contributed by atoms with Crippen LogP contribution in [0.15, 0.2) is 60.7 Å². The Morgan fingerprint density at radius 3 is 1.21 bits per heavy atom. The van der Waals surface area contributed by atoms with Crippen LogP contribution in [0.2, 0.25) is 0 Å². The second-order valence-electron chi connectivity index (χ2n) is 17.3. The number of carbonyl (C=O) groups is 1. The van der Waals surface area contributed by atoms with Gasteiger partial charge in [-0.1, -0.05) is 102 Å². The summed E-state index contributed by atoms with van der Waals surface area (Å²) in [5, 5.41) is 0.188. The van der Waals surface area contributed by atoms with Gasteiger partial charge in [0, 0.05) is 12.7 Å². The zero-order chi connectivity index (χ0) is 43.1. The third kappa shape index (κ3) is 9.03. The van der Waals surface area contributed by atoms with Crippen molar-refractivity contribution in [1.82, 2.24) is 19.9 Å². The average molecular weight is 887 g/mol. The first-order valence-corrected chi connectivity index (χ1v) is 22.7. The van der Waals surface area contributed by atoms with Gasteiger partial charge in [0.15, 0.2) is 5.12 Å². The first kappa shape index (κ1) is 44.9. The molecular weight excluding hydrogens is 830 g/mol. The van der Waals surface area contributed by atoms with Gasteiger partial charge in [0.1, 0.15) is 0 Å². The van der Waals surface area contributed by atoms with E-state index in [1.807, 2.05) is 0 Å². The summed E-state index contributed by atoms with van der Waals surface area (Å²) >= 11 is 1.42. The predicted octanol–water partition coefficient (Wildman–Crippen LogP) is 14.1. The van der Waals surface area contributed by atoms with E-state index < -0.39 is 0 Å². The smallest absolute Gasteiger partial charge is 0.657 e. The molecule has 3 aromatic heterocycles. The Morgan fingerprint density at radius 1 is 0.468 bits per heavy atom. The normalized spacial score (nSPS) is 12.0. The number of nitrogens with zero attached hydrogens (tertiary/aromatic N) is 4. The predicted molar refractivity (Wildman–Crippen MR) is 261 cm³/mol. The van der Waals surface area contributed by atoms with Crippen molar-refractivity contribution in [3.05, 3.63) is 139 Å². The van der Waals surface area contributed by atoms with E-state index in [1.165, 1.54) is 73.0 Å². The molecule has 0 atom stereocenters. The largest absolute Gasteiger partial charge is 2.00 e. The van der Waals surface area contributed by atoms with Crippen molar-refractivity contribution >= 4 is 63.2 Å². The van der Waals surface area contributed by atoms with Crippen LogP contribution in [0.5, 0.6) is 0 Å². The summed E-state index contributed by atoms with van der Waals surface area (Å²) in [6.07, 6.45) is 13.7. The molecule has 310 valence electrons. The quantitative estimate of drug-likeness (QED) is 0.101. The van der Waals surface area contributed by atoms with Gasteiger partial charge >= 0.3 is 19.5 Å². The summed E-state index contributed by atoms with van der Waals surface area (Å²) in [5.74, 6) is 0.874. The van der Waals surface area contributed by atoms with Gasteiger partial charge in [0.2, 0.25) is 0 Å². The Bertz CT molecular complexity index is 2860. The van der Waals surface area contributed by atoms with Crippen LogP contribution in [0.25, 0.3) is 79.8 Å². The van der Waals surface area contributed by atoms with Gasteiger partial charge < -0.3 is 9.97 Å². The molecule has 6 aromatic rings. The monoisotopic (exact) mass is 884 g/mol. The van der Waals surface area contributed by atoms with Crippen molar-refractivity contribution in [1.29, 1.82) is 0 Å². The number of unbranched alkanes of at least 4 members (excludes halogenated alkanes) is 3. The van der Waals surface area contributed by atoms with Gasteiger partial charge in [-0.15, -0.1) is 22.1 Å². The molecule has 8 rings (SSSR count). The van der Waals surface area contributed by atoms with E-state index in [9.17, 15) is 4.79 Å². The second-order valence-corrected chi connectivity index (χ2v) is 18.6. The third-order valence-corrected chi connectivity index (χ3v) is 13.0. The molecule has 0 saturated heterocycles. The maximum atomic E-state index is 11.5. The van der Waals surface area contributed by atoms with Crippen LogP contribution >= 0.6 is 11.8 Å². The van der Waals surface area contributed by atoms with E-state index in [4.69, 9.17) is 19.9 Å². The molecule has 5 nitrogen and oxygen atoms in total. The van der Waals surface area contributed by atoms with Crippen molar-refractivity contribution in [3.63, 3.8) is 0 Å². The molecule has 5 heterocycles. The first-order valence-electron chi connectivity index (χ1n) is 21.7. The molecule has 0 radical (unpaired) electrons. The topological polar surface area (TPSA) is 71.1 Å². The van der Waals surface area contributed by atoms with E-state index in [0.29, 0.717) is 0 Å². The van der Waals surface area contributed by atoms with Crippen LogP contribution in [0, 0.1) is 62.3 Å². The Kier molecular flexibility index (Phi) is 13.6. The molecule has 3 aromatic carbocycles. The minimum absolute atomic E-state index is 0. The first-order chi connectivity index (χ1) is 29.3. The standard InChI is InChI=1S/C55H56N4OS.Zn/c1-31-25-34(4)50(35(5)26-31)53-44-18-16-42(56-44)41(15-13-11-12-14-24-61-40(10)60)43-17-19-45(57-43)54(51-36(6)27-32(2)28-37(51)7)47-21-23-49(59-47)55(48-22-20-46(53)58-48)52-38(8)29-33(3)30-39(52)9;/h16-23,25-30H,11-15,24H2,1-10H3;/q-2;+2. The maximum absolute atomic E-state index is 11.5. The number of fused-ring (bicyclic) bond motifs is 8. The maximum Gasteiger partial charge on any atom is 2.00 e. The molecule has 7 heteroatoms. The fourth-order valence-corrected chi connectivity index (χ4v) is 10.5. The number of hydrogen-bond acceptors (Lipinski definition) is 4. The summed E-state index contributed by atoms with van der Waals surface area (Å²) < 4.78 is 0. The third-order valence-electron chi connectivity index (χ3n) is 12.1. The Morgan fingerprint density at radius 2 is 0.806 bits per heavy atom. The van der Waals surface area contributed by atoms with E-state index in [-0.39, 0.29) is 24.6 Å². The zero-order valence-corrected chi connectivity index (χ0v) is 41.9. The van der Waals surface area contributed by atoms with Crippen LogP contribution in [0.1, 0.15) is 111 Å². The summed E-state index contributed by atoms with van der Waals surface area (Å²) in [7, 11) is 0. The van der Waals surface area contributed by atoms with E-state index in [2.05, 4.69) is 147 Å². The van der Waals surface area contributed by atoms with E-state index in [1.54, 1.807) is 6.92 Å². The molecule has 0 saturated carbocycles. The molecule has 0 fully saturated rings. The molecule has 62 heavy (non-hydrogen) atoms. The Labute approximate surface area is 384 Å². The minimum atomic E-state index is 0. The van der Waals surface area contributed by atoms with E-state index >= 15 is 0 Å². The van der Waals surface area contributed by atoms with Crippen molar-refractivity contribution in [2.75, 3.05) is 5.75 Å². The molecule has 0 amide bonds. The van der Waals surface area contributed by atoms with Crippen molar-refractivity contribution in [2.45, 2.75) is 101 Å². The fraction of sp³-hybridized carbons (Fsp3) is 0.291. The molecule has 2 aliphatic heterocycles. The minimum Gasteiger partial charge on any atom is -0.657 e. The van der Waals surface area contributed by atoms with Crippen LogP contribution in [0.4, 0.5) is 0 Å². The van der Waals surface area contributed by atoms with Crippen LogP contribution < -0.4 is 9.97 Å². The van der Waals surface area contributed by atoms with Gasteiger partial charge in [0.25, 0.3) is 0 Å². The van der Waals surface area contributed by atoms with Crippen molar-refractivity contribution in [3.8, 4) is 33.4 Å². The number of hydrogen-bond donors (Lipinski definition) is 0. The molecule has 0 N–H and O–H groups in total. The Hall–Kier alpha value is -5.10. The van der Waals surface area contributed by atoms with Gasteiger partial charge in [-0.2, -0.15) is 0 Å².